The van der Waals surface area contributed by atoms with E-state index in [0.717, 1.165) is 12.8 Å². The number of unbranched alkanes of at least 4 members (excludes halogenated alkanes) is 1. The molecule has 6 heteroatoms. The Bertz CT molecular complexity index is 436. The average Bonchev–Trinajstić information content (AvgIpc) is 2.46. The van der Waals surface area contributed by atoms with E-state index in [4.69, 9.17) is 10.2 Å². The number of amides is 2. The number of urea groups is 1. The highest BCUT2D eigenvalue weighted by Crippen LogP contribution is 2.14. The number of nitrogens with one attached hydrogen (secondary N) is 1. The molecule has 110 valence electrons. The second-order valence-corrected chi connectivity index (χ2v) is 4.36. The number of hydrogen-bond acceptors (Lipinski definition) is 3. The number of carbonyl (C=O) groups is 2. The molecule has 2 amide bonds. The third kappa shape index (κ3) is 4.55. The fourth-order valence-corrected chi connectivity index (χ4v) is 1.68. The van der Waals surface area contributed by atoms with Gasteiger partial charge in [0.1, 0.15) is 0 Å². The van der Waals surface area contributed by atoms with Crippen molar-refractivity contribution in [1.29, 1.82) is 0 Å². The molecule has 0 fully saturated rings. The van der Waals surface area contributed by atoms with Crippen LogP contribution in [0.2, 0.25) is 0 Å². The summed E-state index contributed by atoms with van der Waals surface area (Å²) >= 11 is 0. The number of anilines is 1. The second-order valence-electron chi connectivity index (χ2n) is 4.36. The fraction of sp³-hybridized carbons (Fsp3) is 0.429. The lowest BCUT2D eigenvalue weighted by Crippen LogP contribution is -2.50. The first-order valence-corrected chi connectivity index (χ1v) is 6.56. The number of aliphatic carboxylic acids is 1. The highest BCUT2D eigenvalue weighted by Gasteiger charge is 2.22. The highest BCUT2D eigenvalue weighted by atomic mass is 16.4. The first-order valence-electron chi connectivity index (χ1n) is 6.56. The van der Waals surface area contributed by atoms with Gasteiger partial charge in [0.05, 0.1) is 6.61 Å². The van der Waals surface area contributed by atoms with Crippen LogP contribution < -0.4 is 10.2 Å². The van der Waals surface area contributed by atoms with Crippen molar-refractivity contribution >= 4 is 17.7 Å². The highest BCUT2D eigenvalue weighted by molar-refractivity contribution is 5.94. The van der Waals surface area contributed by atoms with E-state index in [1.165, 1.54) is 4.90 Å². The number of carboxylic acids is 1. The normalized spacial score (nSPS) is 11.7. The molecular weight excluding hydrogens is 260 g/mol. The number of aliphatic hydroxyl groups excluding tert-OH is 1. The molecule has 20 heavy (non-hydrogen) atoms. The van der Waals surface area contributed by atoms with E-state index in [-0.39, 0.29) is 0 Å². The summed E-state index contributed by atoms with van der Waals surface area (Å²) in [5, 5.41) is 20.1. The van der Waals surface area contributed by atoms with Crippen LogP contribution in [0.5, 0.6) is 0 Å². The van der Waals surface area contributed by atoms with E-state index in [1.54, 1.807) is 12.1 Å². The molecule has 0 heterocycles. The van der Waals surface area contributed by atoms with Crippen LogP contribution in [-0.2, 0) is 4.79 Å². The van der Waals surface area contributed by atoms with Gasteiger partial charge in [-0.3, -0.25) is 4.90 Å². The van der Waals surface area contributed by atoms with Crippen molar-refractivity contribution in [2.75, 3.05) is 18.1 Å². The van der Waals surface area contributed by atoms with Gasteiger partial charge in [-0.05, 0) is 18.6 Å². The van der Waals surface area contributed by atoms with Crippen LogP contribution in [0.3, 0.4) is 0 Å². The first-order chi connectivity index (χ1) is 9.60. The van der Waals surface area contributed by atoms with Gasteiger partial charge < -0.3 is 15.5 Å². The summed E-state index contributed by atoms with van der Waals surface area (Å²) in [5.41, 5.74) is 0.695. The summed E-state index contributed by atoms with van der Waals surface area (Å²) < 4.78 is 0. The molecule has 0 saturated carbocycles. The van der Waals surface area contributed by atoms with Gasteiger partial charge in [0.15, 0.2) is 6.04 Å². The molecule has 0 aliphatic heterocycles. The van der Waals surface area contributed by atoms with Crippen LogP contribution in [0.15, 0.2) is 30.3 Å². The number of benzene rings is 1. The summed E-state index contributed by atoms with van der Waals surface area (Å²) in [5.74, 6) is -1.26. The summed E-state index contributed by atoms with van der Waals surface area (Å²) in [6.07, 6.45) is 1.72. The predicted molar refractivity (Wildman–Crippen MR) is 75.7 cm³/mol. The number of carboxylic acid groups (broad SMARTS) is 1. The largest absolute Gasteiger partial charge is 0.480 e. The minimum atomic E-state index is -1.30. The Morgan fingerprint density at radius 2 is 1.95 bits per heavy atom. The molecule has 1 atom stereocenters. The van der Waals surface area contributed by atoms with Crippen molar-refractivity contribution in [2.24, 2.45) is 0 Å². The Balaban J connectivity index is 2.82. The molecule has 6 nitrogen and oxygen atoms in total. The van der Waals surface area contributed by atoms with Crippen LogP contribution in [0, 0.1) is 0 Å². The van der Waals surface area contributed by atoms with E-state index in [0.29, 0.717) is 12.2 Å². The topological polar surface area (TPSA) is 89.9 Å². The SMILES string of the molecule is CCCCN(C(=O)NC(CO)C(=O)O)c1ccccc1. The van der Waals surface area contributed by atoms with Crippen molar-refractivity contribution in [2.45, 2.75) is 25.8 Å². The van der Waals surface area contributed by atoms with E-state index >= 15 is 0 Å². The van der Waals surface area contributed by atoms with Gasteiger partial charge in [0, 0.05) is 12.2 Å². The molecule has 3 N–H and O–H groups in total. The first kappa shape index (κ1) is 16.0. The minimum Gasteiger partial charge on any atom is -0.480 e. The van der Waals surface area contributed by atoms with Crippen LogP contribution in [0.25, 0.3) is 0 Å². The summed E-state index contributed by atoms with van der Waals surface area (Å²) in [7, 11) is 0. The molecule has 0 spiro atoms. The lowest BCUT2D eigenvalue weighted by molar-refractivity contribution is -0.140. The number of rotatable bonds is 7. The lowest BCUT2D eigenvalue weighted by atomic mass is 10.2. The molecule has 0 aliphatic rings. The summed E-state index contributed by atoms with van der Waals surface area (Å²) in [6.45, 7) is 1.86. The maximum atomic E-state index is 12.2. The van der Waals surface area contributed by atoms with Crippen LogP contribution in [0.1, 0.15) is 19.8 Å². The van der Waals surface area contributed by atoms with E-state index < -0.39 is 24.6 Å². The Kier molecular flexibility index (Phi) is 6.52. The van der Waals surface area contributed by atoms with Crippen LogP contribution in [-0.4, -0.2) is 41.4 Å². The number of nitrogens with zero attached hydrogens (tertiary/aromatic N) is 1. The number of aliphatic hydroxyl groups is 1. The van der Waals surface area contributed by atoms with Crippen molar-refractivity contribution in [3.05, 3.63) is 30.3 Å². The molecule has 0 aliphatic carbocycles. The zero-order valence-electron chi connectivity index (χ0n) is 11.5. The third-order valence-electron chi connectivity index (χ3n) is 2.83. The minimum absolute atomic E-state index is 0.490. The Morgan fingerprint density at radius 3 is 2.45 bits per heavy atom. The Morgan fingerprint density at radius 1 is 1.30 bits per heavy atom. The zero-order chi connectivity index (χ0) is 15.0. The van der Waals surface area contributed by atoms with Gasteiger partial charge in [0.25, 0.3) is 0 Å². The van der Waals surface area contributed by atoms with E-state index in [2.05, 4.69) is 5.32 Å². The molecule has 0 aromatic heterocycles. The monoisotopic (exact) mass is 280 g/mol. The van der Waals surface area contributed by atoms with Crippen LogP contribution in [0.4, 0.5) is 10.5 Å². The maximum Gasteiger partial charge on any atom is 0.328 e. The molecule has 1 aromatic carbocycles. The molecular formula is C14H20N2O4. The zero-order valence-corrected chi connectivity index (χ0v) is 11.5. The molecule has 0 saturated heterocycles. The molecule has 0 bridgehead atoms. The van der Waals surface area contributed by atoms with Gasteiger partial charge >= 0.3 is 12.0 Å². The van der Waals surface area contributed by atoms with Crippen molar-refractivity contribution < 1.29 is 19.8 Å². The third-order valence-corrected chi connectivity index (χ3v) is 2.83. The Hall–Kier alpha value is -2.08. The Labute approximate surface area is 118 Å². The van der Waals surface area contributed by atoms with Gasteiger partial charge in [-0.1, -0.05) is 31.5 Å². The van der Waals surface area contributed by atoms with E-state index in [1.807, 2.05) is 25.1 Å². The van der Waals surface area contributed by atoms with E-state index in [9.17, 15) is 9.59 Å². The fourth-order valence-electron chi connectivity index (χ4n) is 1.68. The maximum absolute atomic E-state index is 12.2. The molecule has 1 aromatic rings. The van der Waals surface area contributed by atoms with Crippen molar-refractivity contribution in [3.63, 3.8) is 0 Å². The van der Waals surface area contributed by atoms with Crippen molar-refractivity contribution in [3.8, 4) is 0 Å². The number of para-hydroxylation sites is 1. The quantitative estimate of drug-likeness (QED) is 0.705. The molecule has 1 unspecified atom stereocenters. The van der Waals surface area contributed by atoms with Gasteiger partial charge in [-0.15, -0.1) is 0 Å². The lowest BCUT2D eigenvalue weighted by Gasteiger charge is -2.24. The second kappa shape index (κ2) is 8.16. The molecule has 1 rings (SSSR count). The average molecular weight is 280 g/mol. The van der Waals surface area contributed by atoms with Crippen LogP contribution >= 0.6 is 0 Å². The van der Waals surface area contributed by atoms with Gasteiger partial charge in [-0.25, -0.2) is 9.59 Å². The molecule has 0 radical (unpaired) electrons. The summed E-state index contributed by atoms with van der Waals surface area (Å²) in [6, 6.07) is 7.20. The predicted octanol–water partition coefficient (Wildman–Crippen LogP) is 1.45. The van der Waals surface area contributed by atoms with Gasteiger partial charge in [0.2, 0.25) is 0 Å². The van der Waals surface area contributed by atoms with Gasteiger partial charge in [-0.2, -0.15) is 0 Å². The summed E-state index contributed by atoms with van der Waals surface area (Å²) in [4.78, 5) is 24.5. The number of carbonyl (C=O) groups excluding carboxylic acids is 1. The standard InChI is InChI=1S/C14H20N2O4/c1-2-3-9-16(11-7-5-4-6-8-11)14(20)15-12(10-17)13(18)19/h4-8,12,17H,2-3,9-10H2,1H3,(H,15,20)(H,18,19). The van der Waals surface area contributed by atoms with Crippen molar-refractivity contribution in [1.82, 2.24) is 5.32 Å². The smallest absolute Gasteiger partial charge is 0.328 e. The number of hydrogen-bond donors (Lipinski definition) is 3.